The third-order valence-corrected chi connectivity index (χ3v) is 4.39. The molecule has 1 amide bonds. The number of rotatable bonds is 6. The van der Waals surface area contributed by atoms with Gasteiger partial charge in [-0.05, 0) is 30.7 Å². The molecule has 8 heteroatoms. The number of nitrogens with zero attached hydrogens (tertiary/aromatic N) is 3. The minimum atomic E-state index is -0.557. The zero-order valence-corrected chi connectivity index (χ0v) is 14.7. The topological polar surface area (TPSA) is 93.6 Å². The van der Waals surface area contributed by atoms with Crippen LogP contribution in [0.2, 0.25) is 5.02 Å². The summed E-state index contributed by atoms with van der Waals surface area (Å²) in [6.45, 7) is 4.68. The summed E-state index contributed by atoms with van der Waals surface area (Å²) in [6.07, 6.45) is -0.557. The quantitative estimate of drug-likeness (QED) is 0.809. The number of halogens is 1. The maximum Gasteiger partial charge on any atom is 0.255 e. The van der Waals surface area contributed by atoms with E-state index in [1.165, 1.54) is 0 Å². The van der Waals surface area contributed by atoms with Crippen molar-refractivity contribution in [2.24, 2.45) is 5.73 Å². The number of nitrogens with two attached hydrogens (primary N) is 1. The van der Waals surface area contributed by atoms with Crippen LogP contribution >= 0.6 is 11.6 Å². The number of carbonyl (C=O) groups excluding carboxylic acids is 1. The van der Waals surface area contributed by atoms with Gasteiger partial charge in [0, 0.05) is 19.6 Å². The van der Waals surface area contributed by atoms with E-state index in [9.17, 15) is 9.90 Å². The van der Waals surface area contributed by atoms with E-state index in [1.807, 2.05) is 22.9 Å². The van der Waals surface area contributed by atoms with E-state index in [4.69, 9.17) is 22.1 Å². The minimum Gasteiger partial charge on any atom is -0.482 e. The van der Waals surface area contributed by atoms with Crippen LogP contribution in [0.15, 0.2) is 24.3 Å². The van der Waals surface area contributed by atoms with Crippen LogP contribution in [0.5, 0.6) is 5.75 Å². The van der Waals surface area contributed by atoms with Crippen molar-refractivity contribution in [3.8, 4) is 5.75 Å². The van der Waals surface area contributed by atoms with Crippen molar-refractivity contribution in [3.05, 3.63) is 46.2 Å². The van der Waals surface area contributed by atoms with Crippen LogP contribution < -0.4 is 10.5 Å². The monoisotopic (exact) mass is 364 g/mol. The number of primary amides is 1. The molecule has 0 saturated heterocycles. The molecule has 2 heterocycles. The molecule has 0 radical (unpaired) electrons. The Morgan fingerprint density at radius 3 is 2.92 bits per heavy atom. The predicted molar refractivity (Wildman–Crippen MR) is 93.1 cm³/mol. The number of ether oxygens (including phenoxy) is 1. The van der Waals surface area contributed by atoms with Gasteiger partial charge in [-0.1, -0.05) is 17.7 Å². The summed E-state index contributed by atoms with van der Waals surface area (Å²) in [5.74, 6) is -0.0934. The van der Waals surface area contributed by atoms with Crippen molar-refractivity contribution in [2.75, 3.05) is 13.2 Å². The molecule has 0 fully saturated rings. The molecule has 1 aromatic heterocycles. The molecule has 1 aromatic carbocycles. The molecule has 0 aliphatic carbocycles. The Kier molecular flexibility index (Phi) is 5.27. The Balaban J connectivity index is 1.64. The van der Waals surface area contributed by atoms with E-state index in [2.05, 4.69) is 10.00 Å². The van der Waals surface area contributed by atoms with Gasteiger partial charge in [0.2, 0.25) is 0 Å². The second kappa shape index (κ2) is 7.43. The number of fused-ring (bicyclic) bond motifs is 1. The van der Waals surface area contributed by atoms with Crippen LogP contribution in [0, 0.1) is 0 Å². The molecule has 0 spiro atoms. The normalized spacial score (nSPS) is 15.6. The summed E-state index contributed by atoms with van der Waals surface area (Å²) in [4.78, 5) is 13.1. The predicted octanol–water partition coefficient (Wildman–Crippen LogP) is 1.47. The summed E-state index contributed by atoms with van der Waals surface area (Å²) in [5.41, 5.74) is 7.92. The second-order valence-electron chi connectivity index (χ2n) is 6.19. The highest BCUT2D eigenvalue weighted by Gasteiger charge is 2.20. The van der Waals surface area contributed by atoms with Gasteiger partial charge >= 0.3 is 0 Å². The molecule has 25 heavy (non-hydrogen) atoms. The highest BCUT2D eigenvalue weighted by atomic mass is 35.5. The largest absolute Gasteiger partial charge is 0.482 e. The van der Waals surface area contributed by atoms with Crippen LogP contribution in [0.3, 0.4) is 0 Å². The van der Waals surface area contributed by atoms with Crippen molar-refractivity contribution in [1.29, 1.82) is 0 Å². The summed E-state index contributed by atoms with van der Waals surface area (Å²) in [6, 6.07) is 7.46. The zero-order valence-electron chi connectivity index (χ0n) is 14.0. The molecule has 1 aliphatic rings. The lowest BCUT2D eigenvalue weighted by molar-refractivity contribution is -0.119. The second-order valence-corrected chi connectivity index (χ2v) is 6.60. The van der Waals surface area contributed by atoms with Gasteiger partial charge in [-0.15, -0.1) is 0 Å². The maximum absolute atomic E-state index is 10.8. The number of hydrogen-bond acceptors (Lipinski definition) is 5. The number of amides is 1. The fourth-order valence-corrected chi connectivity index (χ4v) is 3.11. The first-order valence-electron chi connectivity index (χ1n) is 8.09. The zero-order chi connectivity index (χ0) is 18.0. The first-order valence-corrected chi connectivity index (χ1v) is 8.46. The SMILES string of the molecule is C[C@@H](O)c1cc2n(n1)CCN(Cc1ccc(OCC(N)=O)c(Cl)c1)C2. The number of aromatic nitrogens is 2. The van der Waals surface area contributed by atoms with Gasteiger partial charge in [-0.3, -0.25) is 14.4 Å². The van der Waals surface area contributed by atoms with Crippen LogP contribution in [-0.4, -0.2) is 38.8 Å². The number of hydrogen-bond donors (Lipinski definition) is 2. The Morgan fingerprint density at radius 2 is 2.24 bits per heavy atom. The number of benzene rings is 1. The lowest BCUT2D eigenvalue weighted by Gasteiger charge is -2.27. The first-order chi connectivity index (χ1) is 11.9. The van der Waals surface area contributed by atoms with Crippen molar-refractivity contribution < 1.29 is 14.6 Å². The number of carbonyl (C=O) groups is 1. The molecule has 3 rings (SSSR count). The van der Waals surface area contributed by atoms with E-state index in [-0.39, 0.29) is 6.61 Å². The van der Waals surface area contributed by atoms with Gasteiger partial charge in [0.05, 0.1) is 29.1 Å². The highest BCUT2D eigenvalue weighted by Crippen LogP contribution is 2.27. The molecular formula is C17H21ClN4O3. The van der Waals surface area contributed by atoms with Crippen molar-refractivity contribution in [1.82, 2.24) is 14.7 Å². The van der Waals surface area contributed by atoms with E-state index in [0.717, 1.165) is 37.4 Å². The van der Waals surface area contributed by atoms with E-state index < -0.39 is 12.0 Å². The van der Waals surface area contributed by atoms with Crippen LogP contribution in [0.25, 0.3) is 0 Å². The molecule has 2 aromatic rings. The van der Waals surface area contributed by atoms with E-state index in [1.54, 1.807) is 13.0 Å². The lowest BCUT2D eigenvalue weighted by atomic mass is 10.1. The Hall–Kier alpha value is -2.09. The third-order valence-electron chi connectivity index (χ3n) is 4.10. The fraction of sp³-hybridized carbons (Fsp3) is 0.412. The third kappa shape index (κ3) is 4.31. The summed E-state index contributed by atoms with van der Waals surface area (Å²) < 4.78 is 7.21. The average Bonchev–Trinajstić information content (AvgIpc) is 2.97. The van der Waals surface area contributed by atoms with Crippen molar-refractivity contribution >= 4 is 17.5 Å². The highest BCUT2D eigenvalue weighted by molar-refractivity contribution is 6.32. The fourth-order valence-electron chi connectivity index (χ4n) is 2.85. The van der Waals surface area contributed by atoms with Crippen LogP contribution in [-0.2, 0) is 24.4 Å². The summed E-state index contributed by atoms with van der Waals surface area (Å²) in [5, 5.41) is 14.5. The molecule has 0 bridgehead atoms. The molecule has 7 nitrogen and oxygen atoms in total. The van der Waals surface area contributed by atoms with Gasteiger partial charge in [0.1, 0.15) is 5.75 Å². The Labute approximate surface area is 150 Å². The molecule has 3 N–H and O–H groups in total. The van der Waals surface area contributed by atoms with E-state index >= 15 is 0 Å². The molecule has 134 valence electrons. The van der Waals surface area contributed by atoms with Crippen molar-refractivity contribution in [2.45, 2.75) is 32.7 Å². The summed E-state index contributed by atoms with van der Waals surface area (Å²) >= 11 is 6.21. The standard InChI is InChI=1S/C17H21ClN4O3/c1-11(23)15-7-13-9-21(4-5-22(13)20-15)8-12-2-3-16(14(18)6-12)25-10-17(19)24/h2-3,6-7,11,23H,4-5,8-10H2,1H3,(H2,19,24)/t11-/m1/s1. The van der Waals surface area contributed by atoms with Gasteiger partial charge < -0.3 is 15.6 Å². The Bertz CT molecular complexity index is 775. The molecule has 1 atom stereocenters. The molecule has 1 aliphatic heterocycles. The van der Waals surface area contributed by atoms with Gasteiger partial charge in [0.25, 0.3) is 5.91 Å². The molecule has 0 saturated carbocycles. The Morgan fingerprint density at radius 1 is 1.44 bits per heavy atom. The lowest BCUT2D eigenvalue weighted by Crippen LogP contribution is -2.33. The van der Waals surface area contributed by atoms with Crippen LogP contribution in [0.1, 0.15) is 30.0 Å². The smallest absolute Gasteiger partial charge is 0.255 e. The van der Waals surface area contributed by atoms with Crippen molar-refractivity contribution in [3.63, 3.8) is 0 Å². The minimum absolute atomic E-state index is 0.194. The van der Waals surface area contributed by atoms with Gasteiger partial charge in [0.15, 0.2) is 6.61 Å². The number of aliphatic hydroxyl groups excluding tert-OH is 1. The average molecular weight is 365 g/mol. The van der Waals surface area contributed by atoms with Gasteiger partial charge in [-0.25, -0.2) is 0 Å². The summed E-state index contributed by atoms with van der Waals surface area (Å²) in [7, 11) is 0. The first kappa shape index (κ1) is 17.7. The van der Waals surface area contributed by atoms with Gasteiger partial charge in [-0.2, -0.15) is 5.10 Å². The van der Waals surface area contributed by atoms with E-state index in [0.29, 0.717) is 16.5 Å². The van der Waals surface area contributed by atoms with Crippen LogP contribution in [0.4, 0.5) is 0 Å². The molecule has 0 unspecified atom stereocenters. The number of aliphatic hydroxyl groups is 1. The molecular weight excluding hydrogens is 344 g/mol. The maximum atomic E-state index is 10.8.